The summed E-state index contributed by atoms with van der Waals surface area (Å²) in [5.41, 5.74) is 4.69. The summed E-state index contributed by atoms with van der Waals surface area (Å²) in [7, 11) is 3.72. The number of benzene rings is 2. The van der Waals surface area contributed by atoms with Crippen molar-refractivity contribution in [2.24, 2.45) is 0 Å². The minimum atomic E-state index is 0.668. The molecule has 2 heterocycles. The molecule has 0 bridgehead atoms. The van der Waals surface area contributed by atoms with E-state index in [2.05, 4.69) is 16.1 Å². The molecule has 0 fully saturated rings. The summed E-state index contributed by atoms with van der Waals surface area (Å²) in [5, 5.41) is 5.72. The van der Waals surface area contributed by atoms with Crippen LogP contribution in [0.5, 0.6) is 5.75 Å². The summed E-state index contributed by atoms with van der Waals surface area (Å²) in [6.45, 7) is 1.38. The van der Waals surface area contributed by atoms with E-state index in [-0.39, 0.29) is 0 Å². The highest BCUT2D eigenvalue weighted by Gasteiger charge is 2.15. The van der Waals surface area contributed by atoms with E-state index in [9.17, 15) is 0 Å². The van der Waals surface area contributed by atoms with Gasteiger partial charge in [0.05, 0.1) is 24.0 Å². The van der Waals surface area contributed by atoms with Crippen LogP contribution >= 0.6 is 11.6 Å². The molecule has 0 saturated carbocycles. The maximum absolute atomic E-state index is 6.19. The fraction of sp³-hybridized carbons (Fsp3) is 0.182. The van der Waals surface area contributed by atoms with Crippen LogP contribution in [0.15, 0.2) is 65.4 Å². The fourth-order valence-electron chi connectivity index (χ4n) is 3.32. The van der Waals surface area contributed by atoms with Crippen LogP contribution < -0.4 is 4.74 Å². The number of ether oxygens (including phenoxy) is 1. The average Bonchev–Trinajstić information content (AvgIpc) is 3.20. The van der Waals surface area contributed by atoms with E-state index >= 15 is 0 Å². The number of rotatable bonds is 6. The number of aromatic nitrogens is 2. The highest BCUT2D eigenvalue weighted by atomic mass is 35.5. The van der Waals surface area contributed by atoms with E-state index in [1.807, 2.05) is 55.6 Å². The Morgan fingerprint density at radius 2 is 1.93 bits per heavy atom. The lowest BCUT2D eigenvalue weighted by Gasteiger charge is -2.19. The van der Waals surface area contributed by atoms with Gasteiger partial charge in [-0.15, -0.1) is 0 Å². The van der Waals surface area contributed by atoms with Crippen LogP contribution in [-0.4, -0.2) is 29.2 Å². The van der Waals surface area contributed by atoms with Crippen LogP contribution in [0.1, 0.15) is 11.3 Å². The largest absolute Gasteiger partial charge is 0.496 e. The van der Waals surface area contributed by atoms with Gasteiger partial charge in [0, 0.05) is 35.1 Å². The van der Waals surface area contributed by atoms with Crippen LogP contribution in [0.2, 0.25) is 5.02 Å². The molecule has 0 spiro atoms. The predicted molar refractivity (Wildman–Crippen MR) is 110 cm³/mol. The molecule has 0 amide bonds. The second-order valence-electron chi connectivity index (χ2n) is 6.70. The van der Waals surface area contributed by atoms with Crippen molar-refractivity contribution in [2.45, 2.75) is 13.1 Å². The summed E-state index contributed by atoms with van der Waals surface area (Å²) in [5.74, 6) is 0.789. The number of methoxy groups -OCH3 is 1. The Balaban J connectivity index is 1.79. The van der Waals surface area contributed by atoms with Gasteiger partial charge in [-0.2, -0.15) is 0 Å². The molecule has 28 heavy (non-hydrogen) atoms. The smallest absolute Gasteiger partial charge is 0.128 e. The Morgan fingerprint density at radius 3 is 2.71 bits per heavy atom. The van der Waals surface area contributed by atoms with Crippen LogP contribution in [0.4, 0.5) is 0 Å². The Hall–Kier alpha value is -2.89. The number of para-hydroxylation sites is 1. The Labute approximate surface area is 168 Å². The minimum absolute atomic E-state index is 0.668. The van der Waals surface area contributed by atoms with Gasteiger partial charge in [-0.3, -0.25) is 4.90 Å². The van der Waals surface area contributed by atoms with Gasteiger partial charge in [0.1, 0.15) is 12.0 Å². The summed E-state index contributed by atoms with van der Waals surface area (Å²) >= 11 is 6.19. The molecule has 6 heteroatoms. The number of fused-ring (bicyclic) bond motifs is 1. The molecule has 0 aliphatic rings. The number of hydrogen-bond acceptors (Lipinski definition) is 5. The van der Waals surface area contributed by atoms with E-state index in [0.717, 1.165) is 39.2 Å². The molecular formula is C22H20ClN3O2. The molecule has 0 aliphatic carbocycles. The van der Waals surface area contributed by atoms with Crippen molar-refractivity contribution in [3.63, 3.8) is 0 Å². The summed E-state index contributed by atoms with van der Waals surface area (Å²) in [4.78, 5) is 7.12. The topological polar surface area (TPSA) is 51.4 Å². The fourth-order valence-corrected chi connectivity index (χ4v) is 3.49. The highest BCUT2D eigenvalue weighted by Crippen LogP contribution is 2.33. The van der Waals surface area contributed by atoms with Gasteiger partial charge in [-0.05, 0) is 42.9 Å². The third kappa shape index (κ3) is 3.86. The first kappa shape index (κ1) is 18.5. The molecule has 0 radical (unpaired) electrons. The normalized spacial score (nSPS) is 11.3. The SMILES string of the molecule is COc1ccccc1-c1nc2cc(Cl)ccc2cc1CN(C)Cc1ccon1. The quantitative estimate of drug-likeness (QED) is 0.451. The second kappa shape index (κ2) is 8.00. The summed E-state index contributed by atoms with van der Waals surface area (Å²) in [6, 6.07) is 17.7. The van der Waals surface area contributed by atoms with Crippen molar-refractivity contribution in [3.8, 4) is 17.0 Å². The number of nitrogens with zero attached hydrogens (tertiary/aromatic N) is 3. The zero-order chi connectivity index (χ0) is 19.5. The molecule has 4 aromatic rings. The van der Waals surface area contributed by atoms with E-state index in [1.54, 1.807) is 13.4 Å². The average molecular weight is 394 g/mol. The van der Waals surface area contributed by atoms with Gasteiger partial charge >= 0.3 is 0 Å². The first-order valence-electron chi connectivity index (χ1n) is 8.94. The summed E-state index contributed by atoms with van der Waals surface area (Å²) < 4.78 is 10.5. The Bertz CT molecular complexity index is 1100. The molecule has 0 unspecified atom stereocenters. The lowest BCUT2D eigenvalue weighted by molar-refractivity contribution is 0.304. The van der Waals surface area contributed by atoms with Gasteiger partial charge in [0.15, 0.2) is 0 Å². The molecule has 0 saturated heterocycles. The molecular weight excluding hydrogens is 374 g/mol. The second-order valence-corrected chi connectivity index (χ2v) is 7.13. The van der Waals surface area contributed by atoms with Crippen LogP contribution in [-0.2, 0) is 13.1 Å². The van der Waals surface area contributed by atoms with Crippen molar-refractivity contribution < 1.29 is 9.26 Å². The zero-order valence-corrected chi connectivity index (χ0v) is 16.5. The predicted octanol–water partition coefficient (Wildman–Crippen LogP) is 5.18. The highest BCUT2D eigenvalue weighted by molar-refractivity contribution is 6.31. The third-order valence-electron chi connectivity index (χ3n) is 4.58. The molecule has 2 aromatic heterocycles. The van der Waals surface area contributed by atoms with Crippen LogP contribution in [0.25, 0.3) is 22.2 Å². The standard InChI is InChI=1S/C22H20ClN3O2/c1-26(14-18-9-10-28-25-18)13-16-11-15-7-8-17(23)12-20(15)24-22(16)19-5-3-4-6-21(19)27-2/h3-12H,13-14H2,1-2H3. The monoisotopic (exact) mass is 393 g/mol. The van der Waals surface area contributed by atoms with Crippen molar-refractivity contribution in [3.05, 3.63) is 77.1 Å². The molecule has 0 N–H and O–H groups in total. The van der Waals surface area contributed by atoms with Crippen molar-refractivity contribution in [2.75, 3.05) is 14.2 Å². The van der Waals surface area contributed by atoms with Gasteiger partial charge in [0.2, 0.25) is 0 Å². The lowest BCUT2D eigenvalue weighted by Crippen LogP contribution is -2.18. The molecule has 5 nitrogen and oxygen atoms in total. The van der Waals surface area contributed by atoms with Crippen LogP contribution in [0, 0.1) is 0 Å². The van der Waals surface area contributed by atoms with Gasteiger partial charge in [-0.1, -0.05) is 35.0 Å². The summed E-state index contributed by atoms with van der Waals surface area (Å²) in [6.07, 6.45) is 1.59. The molecule has 2 aromatic carbocycles. The van der Waals surface area contributed by atoms with E-state index in [4.69, 9.17) is 25.8 Å². The number of halogens is 1. The number of hydrogen-bond donors (Lipinski definition) is 0. The molecule has 0 atom stereocenters. The first-order chi connectivity index (χ1) is 13.6. The molecule has 4 rings (SSSR count). The number of pyridine rings is 1. The molecule has 142 valence electrons. The van der Waals surface area contributed by atoms with Gasteiger partial charge in [-0.25, -0.2) is 4.98 Å². The van der Waals surface area contributed by atoms with E-state index in [1.165, 1.54) is 0 Å². The van der Waals surface area contributed by atoms with Gasteiger partial charge < -0.3 is 9.26 Å². The van der Waals surface area contributed by atoms with Crippen molar-refractivity contribution >= 4 is 22.5 Å². The Kier molecular flexibility index (Phi) is 5.28. The maximum Gasteiger partial charge on any atom is 0.128 e. The zero-order valence-electron chi connectivity index (χ0n) is 15.7. The van der Waals surface area contributed by atoms with E-state index < -0.39 is 0 Å². The minimum Gasteiger partial charge on any atom is -0.496 e. The first-order valence-corrected chi connectivity index (χ1v) is 9.32. The third-order valence-corrected chi connectivity index (χ3v) is 4.82. The van der Waals surface area contributed by atoms with Crippen LogP contribution in [0.3, 0.4) is 0 Å². The Morgan fingerprint density at radius 1 is 1.07 bits per heavy atom. The lowest BCUT2D eigenvalue weighted by atomic mass is 10.0. The van der Waals surface area contributed by atoms with Crippen molar-refractivity contribution in [1.29, 1.82) is 0 Å². The molecule has 0 aliphatic heterocycles. The maximum atomic E-state index is 6.19. The van der Waals surface area contributed by atoms with Crippen molar-refractivity contribution in [1.82, 2.24) is 15.0 Å². The van der Waals surface area contributed by atoms with Gasteiger partial charge in [0.25, 0.3) is 0 Å². The van der Waals surface area contributed by atoms with E-state index in [0.29, 0.717) is 18.1 Å².